The molecule has 0 spiro atoms. The SMILES string of the molecule is CCC(NC(=O)c1ccsc1)C(=O)N1CCOCC1. The number of morpholine rings is 1. The second-order valence-corrected chi connectivity index (χ2v) is 5.16. The van der Waals surface area contributed by atoms with Crippen molar-refractivity contribution in [3.05, 3.63) is 22.4 Å². The minimum atomic E-state index is -0.453. The van der Waals surface area contributed by atoms with E-state index in [1.807, 2.05) is 12.3 Å². The van der Waals surface area contributed by atoms with Crippen LogP contribution in [0.1, 0.15) is 23.7 Å². The van der Waals surface area contributed by atoms with Gasteiger partial charge in [0.25, 0.3) is 5.91 Å². The molecule has 1 aromatic rings. The molecule has 5 nitrogen and oxygen atoms in total. The van der Waals surface area contributed by atoms with Crippen molar-refractivity contribution in [2.75, 3.05) is 26.3 Å². The first-order valence-corrected chi connectivity index (χ1v) is 7.36. The fourth-order valence-corrected chi connectivity index (χ4v) is 2.61. The molecule has 2 amide bonds. The predicted octanol–water partition coefficient (Wildman–Crippen LogP) is 1.12. The van der Waals surface area contributed by atoms with Crippen LogP contribution in [-0.2, 0) is 9.53 Å². The highest BCUT2D eigenvalue weighted by molar-refractivity contribution is 7.08. The molecule has 0 aromatic carbocycles. The summed E-state index contributed by atoms with van der Waals surface area (Å²) >= 11 is 1.47. The maximum Gasteiger partial charge on any atom is 0.252 e. The van der Waals surface area contributed by atoms with Crippen LogP contribution in [0.25, 0.3) is 0 Å². The Hall–Kier alpha value is -1.40. The molecule has 2 heterocycles. The number of carbonyl (C=O) groups is 2. The molecule has 1 fully saturated rings. The number of hydrogen-bond acceptors (Lipinski definition) is 4. The van der Waals surface area contributed by atoms with E-state index in [2.05, 4.69) is 5.32 Å². The zero-order valence-electron chi connectivity index (χ0n) is 10.9. The molecule has 1 atom stereocenters. The number of carbonyl (C=O) groups excluding carboxylic acids is 2. The summed E-state index contributed by atoms with van der Waals surface area (Å²) in [6.45, 7) is 4.24. The molecule has 1 unspecified atom stereocenters. The monoisotopic (exact) mass is 282 g/mol. The van der Waals surface area contributed by atoms with Crippen molar-refractivity contribution in [3.8, 4) is 0 Å². The second-order valence-electron chi connectivity index (χ2n) is 4.38. The molecule has 0 saturated carbocycles. The molecule has 1 N–H and O–H groups in total. The number of thiophene rings is 1. The van der Waals surface area contributed by atoms with Gasteiger partial charge in [-0.2, -0.15) is 11.3 Å². The van der Waals surface area contributed by atoms with E-state index in [4.69, 9.17) is 4.74 Å². The molecule has 0 bridgehead atoms. The third kappa shape index (κ3) is 3.54. The first-order valence-electron chi connectivity index (χ1n) is 6.42. The van der Waals surface area contributed by atoms with Crippen molar-refractivity contribution >= 4 is 23.2 Å². The third-order valence-corrected chi connectivity index (χ3v) is 3.80. The summed E-state index contributed by atoms with van der Waals surface area (Å²) < 4.78 is 5.22. The van der Waals surface area contributed by atoms with Crippen molar-refractivity contribution < 1.29 is 14.3 Å². The van der Waals surface area contributed by atoms with E-state index >= 15 is 0 Å². The molecule has 0 radical (unpaired) electrons. The van der Waals surface area contributed by atoms with Crippen molar-refractivity contribution in [1.82, 2.24) is 10.2 Å². The molecule has 1 saturated heterocycles. The molecule has 1 aromatic heterocycles. The Labute approximate surface area is 116 Å². The highest BCUT2D eigenvalue weighted by Crippen LogP contribution is 2.08. The average Bonchev–Trinajstić information content (AvgIpc) is 2.99. The van der Waals surface area contributed by atoms with Gasteiger partial charge in [-0.3, -0.25) is 9.59 Å². The van der Waals surface area contributed by atoms with Crippen LogP contribution in [0, 0.1) is 0 Å². The lowest BCUT2D eigenvalue weighted by atomic mass is 10.1. The zero-order valence-corrected chi connectivity index (χ0v) is 11.7. The summed E-state index contributed by atoms with van der Waals surface area (Å²) in [5.74, 6) is -0.205. The Kier molecular flexibility index (Phi) is 4.93. The molecule has 1 aliphatic rings. The number of rotatable bonds is 4. The summed E-state index contributed by atoms with van der Waals surface area (Å²) in [4.78, 5) is 26.0. The van der Waals surface area contributed by atoms with Crippen LogP contribution in [0.15, 0.2) is 16.8 Å². The largest absolute Gasteiger partial charge is 0.378 e. The second kappa shape index (κ2) is 6.68. The van der Waals surface area contributed by atoms with Crippen LogP contribution in [-0.4, -0.2) is 49.1 Å². The van der Waals surface area contributed by atoms with Gasteiger partial charge in [0, 0.05) is 18.5 Å². The minimum absolute atomic E-state index is 0.0191. The van der Waals surface area contributed by atoms with Crippen molar-refractivity contribution in [1.29, 1.82) is 0 Å². The average molecular weight is 282 g/mol. The number of nitrogens with zero attached hydrogens (tertiary/aromatic N) is 1. The normalized spacial score (nSPS) is 17.0. The number of ether oxygens (including phenoxy) is 1. The third-order valence-electron chi connectivity index (χ3n) is 3.12. The maximum atomic E-state index is 12.3. The topological polar surface area (TPSA) is 58.6 Å². The zero-order chi connectivity index (χ0) is 13.7. The summed E-state index contributed by atoms with van der Waals surface area (Å²) in [6.07, 6.45) is 0.589. The molecule has 2 rings (SSSR count). The van der Waals surface area contributed by atoms with Gasteiger partial charge >= 0.3 is 0 Å². The maximum absolute atomic E-state index is 12.3. The number of amides is 2. The lowest BCUT2D eigenvalue weighted by Gasteiger charge is -2.30. The Morgan fingerprint density at radius 3 is 2.79 bits per heavy atom. The lowest BCUT2D eigenvalue weighted by molar-refractivity contribution is -0.137. The first kappa shape index (κ1) is 14.0. The van der Waals surface area contributed by atoms with Gasteiger partial charge in [0.15, 0.2) is 0 Å². The van der Waals surface area contributed by atoms with Crippen LogP contribution in [0.5, 0.6) is 0 Å². The van der Waals surface area contributed by atoms with Crippen molar-refractivity contribution in [3.63, 3.8) is 0 Å². The molecular formula is C13H18N2O3S. The van der Waals surface area contributed by atoms with Gasteiger partial charge in [-0.25, -0.2) is 0 Å². The molecular weight excluding hydrogens is 264 g/mol. The predicted molar refractivity (Wildman–Crippen MR) is 73.3 cm³/mol. The van der Waals surface area contributed by atoms with E-state index in [1.54, 1.807) is 16.3 Å². The van der Waals surface area contributed by atoms with E-state index in [1.165, 1.54) is 11.3 Å². The van der Waals surface area contributed by atoms with Crippen LogP contribution in [0.4, 0.5) is 0 Å². The van der Waals surface area contributed by atoms with Gasteiger partial charge < -0.3 is 15.0 Å². The fraction of sp³-hybridized carbons (Fsp3) is 0.538. The Balaban J connectivity index is 1.95. The quantitative estimate of drug-likeness (QED) is 0.900. The highest BCUT2D eigenvalue weighted by Gasteiger charge is 2.26. The van der Waals surface area contributed by atoms with Gasteiger partial charge in [0.1, 0.15) is 6.04 Å². The van der Waals surface area contributed by atoms with Gasteiger partial charge in [0.2, 0.25) is 5.91 Å². The standard InChI is InChI=1S/C13H18N2O3S/c1-2-11(13(17)15-4-6-18-7-5-15)14-12(16)10-3-8-19-9-10/h3,8-9,11H,2,4-7H2,1H3,(H,14,16). The summed E-state index contributed by atoms with van der Waals surface area (Å²) in [6, 6.07) is 1.30. The smallest absolute Gasteiger partial charge is 0.252 e. The van der Waals surface area contributed by atoms with Gasteiger partial charge in [-0.1, -0.05) is 6.92 Å². The Morgan fingerprint density at radius 1 is 1.47 bits per heavy atom. The lowest BCUT2D eigenvalue weighted by Crippen LogP contribution is -2.51. The van der Waals surface area contributed by atoms with E-state index < -0.39 is 6.04 Å². The highest BCUT2D eigenvalue weighted by atomic mass is 32.1. The van der Waals surface area contributed by atoms with Crippen LogP contribution >= 0.6 is 11.3 Å². The fourth-order valence-electron chi connectivity index (χ4n) is 1.98. The molecule has 19 heavy (non-hydrogen) atoms. The minimum Gasteiger partial charge on any atom is -0.378 e. The first-order chi connectivity index (χ1) is 9.22. The van der Waals surface area contributed by atoms with Crippen molar-refractivity contribution in [2.45, 2.75) is 19.4 Å². The number of hydrogen-bond donors (Lipinski definition) is 1. The van der Waals surface area contributed by atoms with Crippen LogP contribution in [0.3, 0.4) is 0 Å². The van der Waals surface area contributed by atoms with Gasteiger partial charge in [-0.15, -0.1) is 0 Å². The Bertz CT molecular complexity index is 427. The van der Waals surface area contributed by atoms with E-state index in [9.17, 15) is 9.59 Å². The van der Waals surface area contributed by atoms with Gasteiger partial charge in [0.05, 0.1) is 18.8 Å². The summed E-state index contributed by atoms with van der Waals surface area (Å²) in [7, 11) is 0. The molecule has 104 valence electrons. The van der Waals surface area contributed by atoms with Crippen molar-refractivity contribution in [2.24, 2.45) is 0 Å². The van der Waals surface area contributed by atoms with E-state index in [0.717, 1.165) is 0 Å². The summed E-state index contributed by atoms with van der Waals surface area (Å²) in [5, 5.41) is 6.43. The molecule has 6 heteroatoms. The Morgan fingerprint density at radius 2 is 2.21 bits per heavy atom. The van der Waals surface area contributed by atoms with Crippen LogP contribution < -0.4 is 5.32 Å². The van der Waals surface area contributed by atoms with Crippen LogP contribution in [0.2, 0.25) is 0 Å². The summed E-state index contributed by atoms with van der Waals surface area (Å²) in [5.41, 5.74) is 0.609. The molecule has 0 aliphatic carbocycles. The number of nitrogens with one attached hydrogen (secondary N) is 1. The van der Waals surface area contributed by atoms with E-state index in [-0.39, 0.29) is 11.8 Å². The van der Waals surface area contributed by atoms with E-state index in [0.29, 0.717) is 38.3 Å². The molecule has 1 aliphatic heterocycles. The van der Waals surface area contributed by atoms with Gasteiger partial charge in [-0.05, 0) is 17.9 Å².